The number of nitriles is 3. The average molecular weight is 319 g/mol. The highest BCUT2D eigenvalue weighted by Gasteiger charge is 2.81. The molecule has 0 amide bonds. The predicted molar refractivity (Wildman–Crippen MR) is 94.1 cm³/mol. The molecule has 0 heterocycles. The van der Waals surface area contributed by atoms with Gasteiger partial charge in [-0.15, -0.1) is 0 Å². The van der Waals surface area contributed by atoms with E-state index >= 15 is 0 Å². The van der Waals surface area contributed by atoms with E-state index in [2.05, 4.69) is 18.2 Å². The predicted octanol–water partition coefficient (Wildman–Crippen LogP) is 4.43. The van der Waals surface area contributed by atoms with Gasteiger partial charge >= 0.3 is 0 Å². The van der Waals surface area contributed by atoms with Gasteiger partial charge in [0.05, 0.1) is 18.2 Å². The van der Waals surface area contributed by atoms with Crippen LogP contribution in [0.3, 0.4) is 0 Å². The molecule has 3 aromatic rings. The summed E-state index contributed by atoms with van der Waals surface area (Å²) in [5, 5.41) is 31.8. The first kappa shape index (κ1) is 14.9. The molecule has 0 saturated heterocycles. The van der Waals surface area contributed by atoms with Crippen LogP contribution in [0, 0.1) is 39.4 Å². The molecule has 0 N–H and O–H groups in total. The van der Waals surface area contributed by atoms with E-state index < -0.39 is 16.7 Å². The molecule has 0 radical (unpaired) electrons. The molecule has 4 rings (SSSR count). The lowest BCUT2D eigenvalue weighted by molar-refractivity contribution is 0.747. The van der Waals surface area contributed by atoms with E-state index in [0.717, 1.165) is 21.9 Å². The quantitative estimate of drug-likeness (QED) is 0.701. The molecule has 0 spiro atoms. The second kappa shape index (κ2) is 5.20. The molecular formula is C22H13N3. The van der Waals surface area contributed by atoms with Gasteiger partial charge in [0.15, 0.2) is 5.41 Å². The Balaban J connectivity index is 2.05. The smallest absolute Gasteiger partial charge is 0.175 e. The van der Waals surface area contributed by atoms with Crippen LogP contribution in [0.4, 0.5) is 0 Å². The lowest BCUT2D eigenvalue weighted by Gasteiger charge is -2.13. The lowest BCUT2D eigenvalue weighted by Crippen LogP contribution is -2.15. The Kier molecular flexibility index (Phi) is 3.11. The summed E-state index contributed by atoms with van der Waals surface area (Å²) in [7, 11) is 0. The summed E-state index contributed by atoms with van der Waals surface area (Å²) >= 11 is 0. The highest BCUT2D eigenvalue weighted by molar-refractivity contribution is 5.89. The Morgan fingerprint density at radius 1 is 0.680 bits per heavy atom. The number of nitrogens with zero attached hydrogens (tertiary/aromatic N) is 3. The van der Waals surface area contributed by atoms with Crippen LogP contribution in [0.15, 0.2) is 72.8 Å². The summed E-state index contributed by atoms with van der Waals surface area (Å²) < 4.78 is 0. The van der Waals surface area contributed by atoms with Crippen molar-refractivity contribution in [3.63, 3.8) is 0 Å². The molecule has 1 fully saturated rings. The maximum atomic E-state index is 10.1. The number of fused-ring (bicyclic) bond motifs is 1. The van der Waals surface area contributed by atoms with Gasteiger partial charge in [-0.25, -0.2) is 0 Å². The molecule has 0 bridgehead atoms. The van der Waals surface area contributed by atoms with Crippen molar-refractivity contribution in [1.82, 2.24) is 0 Å². The lowest BCUT2D eigenvalue weighted by atomic mass is 9.85. The summed E-state index contributed by atoms with van der Waals surface area (Å²) in [4.78, 5) is 0. The van der Waals surface area contributed by atoms with Crippen LogP contribution in [0.2, 0.25) is 0 Å². The standard InChI is InChI=1S/C22H13N3/c23-13-21(14-24)20(17-8-2-1-3-9-17)22(21,15-25)19-12-6-10-16-7-4-5-11-18(16)19/h1-12,20H/t20-,22-/m1/s1. The Bertz CT molecular complexity index is 1080. The maximum Gasteiger partial charge on any atom is 0.175 e. The molecule has 1 aliphatic rings. The Labute approximate surface area is 146 Å². The number of benzene rings is 3. The molecule has 116 valence electrons. The molecular weight excluding hydrogens is 306 g/mol. The molecule has 1 aliphatic carbocycles. The first-order chi connectivity index (χ1) is 12.2. The van der Waals surface area contributed by atoms with E-state index in [9.17, 15) is 15.8 Å². The van der Waals surface area contributed by atoms with Crippen molar-refractivity contribution in [2.24, 2.45) is 5.41 Å². The molecule has 3 heteroatoms. The van der Waals surface area contributed by atoms with Crippen molar-refractivity contribution in [2.75, 3.05) is 0 Å². The van der Waals surface area contributed by atoms with Gasteiger partial charge in [-0.1, -0.05) is 72.8 Å². The molecule has 25 heavy (non-hydrogen) atoms. The monoisotopic (exact) mass is 319 g/mol. The maximum absolute atomic E-state index is 10.1. The summed E-state index contributed by atoms with van der Waals surface area (Å²) in [6.45, 7) is 0. The van der Waals surface area contributed by atoms with Gasteiger partial charge in [0, 0.05) is 5.92 Å². The van der Waals surface area contributed by atoms with Crippen LogP contribution in [-0.4, -0.2) is 0 Å². The van der Waals surface area contributed by atoms with Crippen molar-refractivity contribution < 1.29 is 0 Å². The third-order valence-electron chi connectivity index (χ3n) is 5.28. The van der Waals surface area contributed by atoms with E-state index in [0.29, 0.717) is 0 Å². The minimum atomic E-state index is -1.38. The fourth-order valence-electron chi connectivity index (χ4n) is 4.10. The van der Waals surface area contributed by atoms with Gasteiger partial charge in [-0.3, -0.25) is 0 Å². The van der Waals surface area contributed by atoms with Gasteiger partial charge < -0.3 is 0 Å². The van der Waals surface area contributed by atoms with Crippen LogP contribution in [0.25, 0.3) is 10.8 Å². The molecule has 0 unspecified atom stereocenters. The first-order valence-corrected chi connectivity index (χ1v) is 8.02. The second-order valence-electron chi connectivity index (χ2n) is 6.32. The molecule has 1 saturated carbocycles. The molecule has 3 aromatic carbocycles. The van der Waals surface area contributed by atoms with E-state index in [1.54, 1.807) is 0 Å². The molecule has 0 aromatic heterocycles. The highest BCUT2D eigenvalue weighted by atomic mass is 14.8. The zero-order valence-electron chi connectivity index (χ0n) is 13.3. The van der Waals surface area contributed by atoms with Gasteiger partial charge in [-0.05, 0) is 21.9 Å². The molecule has 0 aliphatic heterocycles. The summed E-state index contributed by atoms with van der Waals surface area (Å²) in [6, 6.07) is 29.6. The SMILES string of the molecule is N#CC1(C#N)[C@@H](c2ccccc2)[C@@]1(C#N)c1cccc2ccccc12. The topological polar surface area (TPSA) is 71.4 Å². The van der Waals surface area contributed by atoms with Gasteiger partial charge in [0.1, 0.15) is 5.41 Å². The summed E-state index contributed by atoms with van der Waals surface area (Å²) in [5.74, 6) is -0.466. The van der Waals surface area contributed by atoms with Crippen LogP contribution < -0.4 is 0 Å². The second-order valence-corrected chi connectivity index (χ2v) is 6.32. The normalized spacial score (nSPS) is 23.2. The number of hydrogen-bond acceptors (Lipinski definition) is 3. The molecule has 2 atom stereocenters. The Hall–Kier alpha value is -3.61. The van der Waals surface area contributed by atoms with Crippen LogP contribution in [-0.2, 0) is 5.41 Å². The van der Waals surface area contributed by atoms with Crippen LogP contribution in [0.1, 0.15) is 17.0 Å². The minimum Gasteiger partial charge on any atom is -0.197 e. The largest absolute Gasteiger partial charge is 0.197 e. The van der Waals surface area contributed by atoms with Crippen LogP contribution in [0.5, 0.6) is 0 Å². The first-order valence-electron chi connectivity index (χ1n) is 8.02. The Morgan fingerprint density at radius 2 is 1.32 bits per heavy atom. The fourth-order valence-corrected chi connectivity index (χ4v) is 4.10. The third-order valence-corrected chi connectivity index (χ3v) is 5.28. The van der Waals surface area contributed by atoms with Gasteiger partial charge in [0.25, 0.3) is 0 Å². The average Bonchev–Trinajstić information content (AvgIpc) is 3.31. The highest BCUT2D eigenvalue weighted by Crippen LogP contribution is 2.74. The van der Waals surface area contributed by atoms with Crippen molar-refractivity contribution in [3.05, 3.63) is 83.9 Å². The van der Waals surface area contributed by atoms with Gasteiger partial charge in [0.2, 0.25) is 0 Å². The Morgan fingerprint density at radius 3 is 2.00 bits per heavy atom. The zero-order chi connectivity index (χ0) is 17.5. The molecule has 3 nitrogen and oxygen atoms in total. The summed E-state index contributed by atoms with van der Waals surface area (Å²) in [5.41, 5.74) is -0.948. The minimum absolute atomic E-state index is 0.466. The van der Waals surface area contributed by atoms with Crippen LogP contribution >= 0.6 is 0 Å². The van der Waals surface area contributed by atoms with E-state index in [1.807, 2.05) is 72.8 Å². The zero-order valence-corrected chi connectivity index (χ0v) is 13.3. The number of rotatable bonds is 2. The number of hydrogen-bond donors (Lipinski definition) is 0. The van der Waals surface area contributed by atoms with E-state index in [-0.39, 0.29) is 0 Å². The van der Waals surface area contributed by atoms with E-state index in [1.165, 1.54) is 0 Å². The van der Waals surface area contributed by atoms with Gasteiger partial charge in [-0.2, -0.15) is 15.8 Å². The third kappa shape index (κ3) is 1.72. The van der Waals surface area contributed by atoms with Crippen molar-refractivity contribution in [3.8, 4) is 18.2 Å². The van der Waals surface area contributed by atoms with E-state index in [4.69, 9.17) is 0 Å². The van der Waals surface area contributed by atoms with Crippen molar-refractivity contribution in [1.29, 1.82) is 15.8 Å². The van der Waals surface area contributed by atoms with Crippen molar-refractivity contribution in [2.45, 2.75) is 11.3 Å². The van der Waals surface area contributed by atoms with Crippen molar-refractivity contribution >= 4 is 10.8 Å². The fraction of sp³-hybridized carbons (Fsp3) is 0.136. The summed E-state index contributed by atoms with van der Waals surface area (Å²) in [6.07, 6.45) is 0.